The second-order valence-electron chi connectivity index (χ2n) is 5.50. The fraction of sp³-hybridized carbons (Fsp3) is 0.500. The van der Waals surface area contributed by atoms with Gasteiger partial charge in [-0.05, 0) is 49.6 Å². The molecule has 0 aromatic heterocycles. The number of hydrogen-bond donors (Lipinski definition) is 3. The van der Waals surface area contributed by atoms with Gasteiger partial charge in [-0.2, -0.15) is 0 Å². The van der Waals surface area contributed by atoms with Crippen molar-refractivity contribution in [2.24, 2.45) is 17.6 Å². The van der Waals surface area contributed by atoms with Crippen LogP contribution in [0.5, 0.6) is 0 Å². The summed E-state index contributed by atoms with van der Waals surface area (Å²) in [6.45, 7) is 2.37. The molecule has 0 heterocycles. The predicted octanol–water partition coefficient (Wildman–Crippen LogP) is 2.35. The zero-order chi connectivity index (χ0) is 15.2. The van der Waals surface area contributed by atoms with Gasteiger partial charge in [0.05, 0.1) is 0 Å². The first-order chi connectivity index (χ1) is 10.1. The average Bonchev–Trinajstić information content (AvgIpc) is 2.97. The van der Waals surface area contributed by atoms with Crippen LogP contribution in [0.1, 0.15) is 32.6 Å². The lowest BCUT2D eigenvalue weighted by Crippen LogP contribution is -2.29. The maximum Gasteiger partial charge on any atom is 0.227 e. The summed E-state index contributed by atoms with van der Waals surface area (Å²) in [5, 5.41) is 5.71. The zero-order valence-corrected chi connectivity index (χ0v) is 12.4. The van der Waals surface area contributed by atoms with E-state index < -0.39 is 0 Å². The molecule has 0 bridgehead atoms. The molecule has 114 valence electrons. The molecule has 21 heavy (non-hydrogen) atoms. The molecule has 1 fully saturated rings. The van der Waals surface area contributed by atoms with E-state index in [1.165, 1.54) is 0 Å². The van der Waals surface area contributed by atoms with E-state index in [0.29, 0.717) is 18.9 Å². The van der Waals surface area contributed by atoms with Crippen LogP contribution in [0.15, 0.2) is 24.3 Å². The molecule has 4 N–H and O–H groups in total. The van der Waals surface area contributed by atoms with Crippen LogP contribution in [0.3, 0.4) is 0 Å². The summed E-state index contributed by atoms with van der Waals surface area (Å²) in [7, 11) is 0. The van der Waals surface area contributed by atoms with Crippen LogP contribution in [0.4, 0.5) is 11.4 Å². The monoisotopic (exact) mass is 289 g/mol. The van der Waals surface area contributed by atoms with E-state index in [0.717, 1.165) is 30.6 Å². The van der Waals surface area contributed by atoms with E-state index in [1.807, 2.05) is 0 Å². The Morgan fingerprint density at radius 3 is 2.33 bits per heavy atom. The van der Waals surface area contributed by atoms with Gasteiger partial charge < -0.3 is 16.4 Å². The number of amides is 2. The van der Waals surface area contributed by atoms with E-state index >= 15 is 0 Å². The average molecular weight is 289 g/mol. The van der Waals surface area contributed by atoms with Crippen molar-refractivity contribution in [1.82, 2.24) is 0 Å². The molecule has 5 nitrogen and oxygen atoms in total. The molecule has 1 aliphatic carbocycles. The van der Waals surface area contributed by atoms with Crippen LogP contribution in [0, 0.1) is 11.8 Å². The second-order valence-corrected chi connectivity index (χ2v) is 5.50. The summed E-state index contributed by atoms with van der Waals surface area (Å²) >= 11 is 0. The lowest BCUT2D eigenvalue weighted by Gasteiger charge is -2.17. The van der Waals surface area contributed by atoms with Gasteiger partial charge >= 0.3 is 0 Å². The van der Waals surface area contributed by atoms with Crippen LogP contribution < -0.4 is 16.4 Å². The highest BCUT2D eigenvalue weighted by atomic mass is 16.2. The van der Waals surface area contributed by atoms with Crippen molar-refractivity contribution in [3.8, 4) is 0 Å². The Kier molecular flexibility index (Phi) is 5.33. The van der Waals surface area contributed by atoms with Gasteiger partial charge in [-0.25, -0.2) is 0 Å². The summed E-state index contributed by atoms with van der Waals surface area (Å²) in [6.07, 6.45) is 3.47. The molecule has 5 heteroatoms. The minimum atomic E-state index is -0.0245. The van der Waals surface area contributed by atoms with Gasteiger partial charge in [0.15, 0.2) is 0 Å². The number of hydrogen-bond acceptors (Lipinski definition) is 3. The molecule has 2 rings (SSSR count). The molecule has 1 aliphatic rings. The number of benzene rings is 1. The summed E-state index contributed by atoms with van der Waals surface area (Å²) in [5.74, 6) is 0.347. The lowest BCUT2D eigenvalue weighted by atomic mass is 9.95. The molecule has 1 saturated carbocycles. The highest BCUT2D eigenvalue weighted by Crippen LogP contribution is 2.31. The normalized spacial score (nSPS) is 21.0. The van der Waals surface area contributed by atoms with E-state index in [9.17, 15) is 9.59 Å². The molecule has 1 aromatic rings. The first-order valence-electron chi connectivity index (χ1n) is 7.55. The summed E-state index contributed by atoms with van der Waals surface area (Å²) < 4.78 is 0. The Balaban J connectivity index is 1.93. The molecular formula is C16H23N3O2. The quantitative estimate of drug-likeness (QED) is 0.778. The smallest absolute Gasteiger partial charge is 0.227 e. The van der Waals surface area contributed by atoms with Gasteiger partial charge in [0.1, 0.15) is 0 Å². The molecule has 0 aliphatic heterocycles. The Bertz CT molecular complexity index is 499. The topological polar surface area (TPSA) is 84.2 Å². The summed E-state index contributed by atoms with van der Waals surface area (Å²) in [6, 6.07) is 7.18. The SMILES string of the molecule is CCC(=O)Nc1ccc(NC(=O)C2CCCC2CN)cc1. The van der Waals surface area contributed by atoms with E-state index in [4.69, 9.17) is 5.73 Å². The van der Waals surface area contributed by atoms with Crippen molar-refractivity contribution >= 4 is 23.2 Å². The van der Waals surface area contributed by atoms with Crippen molar-refractivity contribution in [1.29, 1.82) is 0 Å². The van der Waals surface area contributed by atoms with Crippen LogP contribution in [0.2, 0.25) is 0 Å². The first kappa shape index (κ1) is 15.5. The van der Waals surface area contributed by atoms with Crippen LogP contribution in [-0.2, 0) is 9.59 Å². The maximum absolute atomic E-state index is 12.3. The summed E-state index contributed by atoms with van der Waals surface area (Å²) in [4.78, 5) is 23.6. The van der Waals surface area contributed by atoms with Gasteiger partial charge in [-0.1, -0.05) is 13.3 Å². The molecule has 0 radical (unpaired) electrons. The van der Waals surface area contributed by atoms with Gasteiger partial charge in [0, 0.05) is 23.7 Å². The van der Waals surface area contributed by atoms with Crippen LogP contribution in [0.25, 0.3) is 0 Å². The van der Waals surface area contributed by atoms with E-state index in [2.05, 4.69) is 10.6 Å². The van der Waals surface area contributed by atoms with Crippen molar-refractivity contribution in [2.45, 2.75) is 32.6 Å². The maximum atomic E-state index is 12.3. The molecule has 2 atom stereocenters. The Morgan fingerprint density at radius 1 is 1.14 bits per heavy atom. The molecular weight excluding hydrogens is 266 g/mol. The zero-order valence-electron chi connectivity index (χ0n) is 12.4. The fourth-order valence-electron chi connectivity index (χ4n) is 2.79. The van der Waals surface area contributed by atoms with Crippen molar-refractivity contribution in [2.75, 3.05) is 17.2 Å². The number of carbonyl (C=O) groups excluding carboxylic acids is 2. The number of nitrogens with two attached hydrogens (primary N) is 1. The Hall–Kier alpha value is -1.88. The summed E-state index contributed by atoms with van der Waals surface area (Å²) in [5.41, 5.74) is 7.20. The van der Waals surface area contributed by atoms with Crippen molar-refractivity contribution in [3.63, 3.8) is 0 Å². The third kappa shape index (κ3) is 4.04. The largest absolute Gasteiger partial charge is 0.330 e. The molecule has 1 aromatic carbocycles. The minimum absolute atomic E-state index is 0.0227. The Labute approximate surface area is 125 Å². The van der Waals surface area contributed by atoms with Crippen LogP contribution in [-0.4, -0.2) is 18.4 Å². The molecule has 2 amide bonds. The van der Waals surface area contributed by atoms with Gasteiger partial charge in [-0.3, -0.25) is 9.59 Å². The number of anilines is 2. The molecule has 2 unspecified atom stereocenters. The molecule has 0 saturated heterocycles. The predicted molar refractivity (Wildman–Crippen MR) is 83.9 cm³/mol. The highest BCUT2D eigenvalue weighted by molar-refractivity contribution is 5.94. The highest BCUT2D eigenvalue weighted by Gasteiger charge is 2.31. The number of nitrogens with one attached hydrogen (secondary N) is 2. The third-order valence-corrected chi connectivity index (χ3v) is 4.06. The standard InChI is InChI=1S/C16H23N3O2/c1-2-15(20)18-12-6-8-13(9-7-12)19-16(21)14-5-3-4-11(14)10-17/h6-9,11,14H,2-5,10,17H2,1H3,(H,18,20)(H,19,21). The Morgan fingerprint density at radius 2 is 1.76 bits per heavy atom. The number of carbonyl (C=O) groups is 2. The van der Waals surface area contributed by atoms with Gasteiger partial charge in [-0.15, -0.1) is 0 Å². The van der Waals surface area contributed by atoms with E-state index in [-0.39, 0.29) is 17.7 Å². The van der Waals surface area contributed by atoms with E-state index in [1.54, 1.807) is 31.2 Å². The third-order valence-electron chi connectivity index (χ3n) is 4.06. The lowest BCUT2D eigenvalue weighted by molar-refractivity contribution is -0.120. The fourth-order valence-corrected chi connectivity index (χ4v) is 2.79. The van der Waals surface area contributed by atoms with Gasteiger partial charge in [0.2, 0.25) is 11.8 Å². The van der Waals surface area contributed by atoms with Gasteiger partial charge in [0.25, 0.3) is 0 Å². The second kappa shape index (κ2) is 7.22. The van der Waals surface area contributed by atoms with Crippen molar-refractivity contribution in [3.05, 3.63) is 24.3 Å². The molecule has 0 spiro atoms. The van der Waals surface area contributed by atoms with Crippen LogP contribution >= 0.6 is 0 Å². The van der Waals surface area contributed by atoms with Crippen molar-refractivity contribution < 1.29 is 9.59 Å². The minimum Gasteiger partial charge on any atom is -0.330 e. The first-order valence-corrected chi connectivity index (χ1v) is 7.55. The number of rotatable bonds is 5.